The second kappa shape index (κ2) is 3.27. The van der Waals surface area contributed by atoms with Crippen LogP contribution in [0.5, 0.6) is 0 Å². The summed E-state index contributed by atoms with van der Waals surface area (Å²) in [5, 5.41) is 7.78. The molecule has 0 aromatic carbocycles. The molecule has 0 saturated heterocycles. The number of hydrogen-bond donors (Lipinski definition) is 2. The van der Waals surface area contributed by atoms with Crippen LogP contribution in [0.1, 0.15) is 38.5 Å². The highest BCUT2D eigenvalue weighted by Crippen LogP contribution is 2.63. The molecular weight excluding hydrogens is 231 g/mol. The summed E-state index contributed by atoms with van der Waals surface area (Å²) in [7, 11) is 0. The Morgan fingerprint density at radius 2 is 1.73 bits per heavy atom. The molecule has 3 N–H and O–H groups in total. The van der Waals surface area contributed by atoms with Crippen LogP contribution in [0.4, 0.5) is 0 Å². The van der Waals surface area contributed by atoms with E-state index in [-0.39, 0.29) is 22.7 Å². The van der Waals surface area contributed by atoms with Gasteiger partial charge in [0, 0.05) is 10.3 Å². The second-order valence-corrected chi connectivity index (χ2v) is 6.61. The van der Waals surface area contributed by atoms with Gasteiger partial charge in [-0.15, -0.1) is 24.0 Å². The van der Waals surface area contributed by atoms with E-state index >= 15 is 0 Å². The van der Waals surface area contributed by atoms with Crippen molar-refractivity contribution in [2.75, 3.05) is 0 Å². The van der Waals surface area contributed by atoms with Crippen molar-refractivity contribution in [1.82, 2.24) is 0 Å². The van der Waals surface area contributed by atoms with E-state index < -0.39 is 0 Å². The van der Waals surface area contributed by atoms with Crippen LogP contribution < -0.4 is 5.73 Å². The maximum absolute atomic E-state index is 7.78. The Labute approximate surface area is 102 Å². The Morgan fingerprint density at radius 3 is 2.13 bits per heavy atom. The van der Waals surface area contributed by atoms with E-state index in [1.165, 1.54) is 19.3 Å². The van der Waals surface area contributed by atoms with Gasteiger partial charge in [-0.1, -0.05) is 0 Å². The molecule has 4 aliphatic carbocycles. The molecule has 4 fully saturated rings. The summed E-state index contributed by atoms with van der Waals surface area (Å²) in [6.07, 6.45) is 6.90. The van der Waals surface area contributed by atoms with E-state index in [0.717, 1.165) is 31.1 Å². The minimum atomic E-state index is -0.00810. The molecule has 2 atom stereocenters. The smallest absolute Gasteiger partial charge is 0.0969 e. The van der Waals surface area contributed by atoms with Gasteiger partial charge < -0.3 is 5.73 Å². The fourth-order valence-corrected chi connectivity index (χ4v) is 5.16. The quantitative estimate of drug-likeness (QED) is 0.419. The van der Waals surface area contributed by atoms with Gasteiger partial charge in [0.05, 0.1) is 5.84 Å². The zero-order valence-corrected chi connectivity index (χ0v) is 10.3. The lowest BCUT2D eigenvalue weighted by atomic mass is 9.49. The van der Waals surface area contributed by atoms with E-state index in [9.17, 15) is 0 Å². The SMILES string of the molecule is Cl.N=C(N)C12CC3CC(CC(Cl)(C3)C1)C2. The Hall–Kier alpha value is 0.0500. The van der Waals surface area contributed by atoms with Crippen molar-refractivity contribution in [1.29, 1.82) is 5.41 Å². The average Bonchev–Trinajstić information content (AvgIpc) is 1.98. The van der Waals surface area contributed by atoms with Crippen molar-refractivity contribution in [2.45, 2.75) is 43.4 Å². The molecule has 0 aromatic heterocycles. The van der Waals surface area contributed by atoms with Gasteiger partial charge in [0.15, 0.2) is 0 Å². The third-order valence-corrected chi connectivity index (χ3v) is 5.00. The molecule has 4 bridgehead atoms. The van der Waals surface area contributed by atoms with Crippen LogP contribution in [0, 0.1) is 22.7 Å². The van der Waals surface area contributed by atoms with E-state index in [2.05, 4.69) is 0 Å². The normalized spacial score (nSPS) is 51.3. The van der Waals surface area contributed by atoms with Gasteiger partial charge in [-0.05, 0) is 50.4 Å². The predicted octanol–water partition coefficient (Wildman–Crippen LogP) is 2.92. The van der Waals surface area contributed by atoms with Crippen LogP contribution in [0.15, 0.2) is 0 Å². The first-order chi connectivity index (χ1) is 6.51. The third-order valence-electron chi connectivity index (χ3n) is 4.56. The van der Waals surface area contributed by atoms with Crippen LogP contribution in [0.2, 0.25) is 0 Å². The first-order valence-electron chi connectivity index (χ1n) is 5.55. The molecule has 0 heterocycles. The topological polar surface area (TPSA) is 49.9 Å². The average molecular weight is 249 g/mol. The van der Waals surface area contributed by atoms with Gasteiger partial charge in [-0.25, -0.2) is 0 Å². The van der Waals surface area contributed by atoms with Crippen molar-refractivity contribution in [3.8, 4) is 0 Å². The first kappa shape index (κ1) is 11.5. The minimum absolute atomic E-state index is 0. The van der Waals surface area contributed by atoms with Gasteiger partial charge in [0.25, 0.3) is 0 Å². The number of rotatable bonds is 1. The van der Waals surface area contributed by atoms with Crippen molar-refractivity contribution in [3.63, 3.8) is 0 Å². The molecule has 0 radical (unpaired) electrons. The molecule has 15 heavy (non-hydrogen) atoms. The Kier molecular flexibility index (Phi) is 2.51. The first-order valence-corrected chi connectivity index (χ1v) is 5.93. The number of amidine groups is 1. The Morgan fingerprint density at radius 1 is 1.20 bits per heavy atom. The molecule has 2 unspecified atom stereocenters. The zero-order chi connectivity index (χ0) is 9.97. The standard InChI is InChI=1S/C11H17ClN2.ClH/c12-11-4-7-1-8(5-11)3-10(2-7,6-11)9(13)14;/h7-8H,1-6H2,(H3,13,14);1H. The molecule has 0 amide bonds. The largest absolute Gasteiger partial charge is 0.387 e. The lowest BCUT2D eigenvalue weighted by Gasteiger charge is -2.59. The van der Waals surface area contributed by atoms with E-state index in [4.69, 9.17) is 22.7 Å². The highest BCUT2D eigenvalue weighted by molar-refractivity contribution is 6.24. The number of nitrogens with two attached hydrogens (primary N) is 1. The monoisotopic (exact) mass is 248 g/mol. The van der Waals surface area contributed by atoms with Crippen molar-refractivity contribution < 1.29 is 0 Å². The summed E-state index contributed by atoms with van der Waals surface area (Å²) in [4.78, 5) is -0.00421. The fraction of sp³-hybridized carbons (Fsp3) is 0.909. The molecule has 4 rings (SSSR count). The van der Waals surface area contributed by atoms with Crippen molar-refractivity contribution in [2.24, 2.45) is 23.0 Å². The van der Waals surface area contributed by atoms with E-state index in [1.807, 2.05) is 0 Å². The molecule has 4 saturated carbocycles. The molecule has 0 aliphatic heterocycles. The maximum Gasteiger partial charge on any atom is 0.0969 e. The molecule has 86 valence electrons. The third kappa shape index (κ3) is 1.57. The van der Waals surface area contributed by atoms with Crippen LogP contribution in [-0.4, -0.2) is 10.7 Å². The van der Waals surface area contributed by atoms with Gasteiger partial charge in [-0.2, -0.15) is 0 Å². The van der Waals surface area contributed by atoms with E-state index in [0.29, 0.717) is 5.84 Å². The van der Waals surface area contributed by atoms with Gasteiger partial charge in [0.1, 0.15) is 0 Å². The second-order valence-electron chi connectivity index (χ2n) is 5.81. The fourth-order valence-electron chi connectivity index (χ4n) is 4.47. The summed E-state index contributed by atoms with van der Waals surface area (Å²) in [6.45, 7) is 0. The van der Waals surface area contributed by atoms with Gasteiger partial charge in [0.2, 0.25) is 0 Å². The van der Waals surface area contributed by atoms with Crippen LogP contribution >= 0.6 is 24.0 Å². The molecule has 2 nitrogen and oxygen atoms in total. The summed E-state index contributed by atoms with van der Waals surface area (Å²) in [5.74, 6) is 1.90. The summed E-state index contributed by atoms with van der Waals surface area (Å²) < 4.78 is 0. The number of halogens is 2. The van der Waals surface area contributed by atoms with Crippen LogP contribution in [0.25, 0.3) is 0 Å². The minimum Gasteiger partial charge on any atom is -0.387 e. The molecule has 0 aromatic rings. The molecule has 4 aliphatic rings. The number of nitrogens with one attached hydrogen (secondary N) is 1. The predicted molar refractivity (Wildman–Crippen MR) is 64.9 cm³/mol. The highest BCUT2D eigenvalue weighted by Gasteiger charge is 2.58. The number of hydrogen-bond acceptors (Lipinski definition) is 1. The lowest BCUT2D eigenvalue weighted by molar-refractivity contribution is 0.000708. The number of alkyl halides is 1. The van der Waals surface area contributed by atoms with Gasteiger partial charge >= 0.3 is 0 Å². The molecule has 4 heteroatoms. The summed E-state index contributed by atoms with van der Waals surface area (Å²) in [6, 6.07) is 0. The van der Waals surface area contributed by atoms with Crippen LogP contribution in [0.3, 0.4) is 0 Å². The molecular formula is C11H18Cl2N2. The van der Waals surface area contributed by atoms with Crippen LogP contribution in [-0.2, 0) is 0 Å². The summed E-state index contributed by atoms with van der Waals surface area (Å²) in [5.41, 5.74) is 5.77. The van der Waals surface area contributed by atoms with Crippen molar-refractivity contribution >= 4 is 29.8 Å². The Balaban J connectivity index is 0.000000853. The lowest BCUT2D eigenvalue weighted by Crippen LogP contribution is -2.57. The highest BCUT2D eigenvalue weighted by atomic mass is 35.5. The van der Waals surface area contributed by atoms with Crippen molar-refractivity contribution in [3.05, 3.63) is 0 Å². The maximum atomic E-state index is 7.78. The molecule has 0 spiro atoms. The van der Waals surface area contributed by atoms with Gasteiger partial charge in [-0.3, -0.25) is 5.41 Å². The zero-order valence-electron chi connectivity index (χ0n) is 8.76. The van der Waals surface area contributed by atoms with E-state index in [1.54, 1.807) is 0 Å². The Bertz CT molecular complexity index is 289. The summed E-state index contributed by atoms with van der Waals surface area (Å²) >= 11 is 6.61.